The van der Waals surface area contributed by atoms with Crippen LogP contribution in [0.4, 0.5) is 0 Å². The third kappa shape index (κ3) is 16.9. The lowest BCUT2D eigenvalue weighted by molar-refractivity contribution is -0.375. The molecule has 6 saturated heterocycles. The lowest BCUT2D eigenvalue weighted by Crippen LogP contribution is -2.71. The molecule has 6 fully saturated rings. The van der Waals surface area contributed by atoms with Crippen LogP contribution >= 0.6 is 0 Å². The number of aliphatic hydroxyl groups is 14. The lowest BCUT2D eigenvalue weighted by atomic mass is 9.93. The van der Waals surface area contributed by atoms with E-state index in [1.807, 2.05) is 0 Å². The monoisotopic (exact) mass is 1260 g/mol. The average Bonchev–Trinajstić information content (AvgIpc) is 3.43. The summed E-state index contributed by atoms with van der Waals surface area (Å²) in [5.41, 5.74) is 0. The Morgan fingerprint density at radius 1 is 0.410 bits per heavy atom. The van der Waals surface area contributed by atoms with Crippen molar-refractivity contribution in [3.8, 4) is 0 Å². The second-order valence-corrected chi connectivity index (χ2v) is 22.2. The first-order valence-electron chi connectivity index (χ1n) is 25.3. The Hall–Kier alpha value is -2.85. The molecule has 0 aromatic heterocycles. The van der Waals surface area contributed by atoms with Gasteiger partial charge in [-0.1, -0.05) is 0 Å². The van der Waals surface area contributed by atoms with Crippen molar-refractivity contribution in [3.63, 3.8) is 0 Å². The zero-order valence-electron chi connectivity index (χ0n) is 44.0. The molecule has 482 valence electrons. The van der Waals surface area contributed by atoms with Gasteiger partial charge in [0.2, 0.25) is 17.7 Å². The minimum atomic E-state index is -5.46. The van der Waals surface area contributed by atoms with Crippen LogP contribution in [0.3, 0.4) is 0 Å². The molecule has 0 aliphatic carbocycles. The molecular formula is C42H71N3O36S2. The van der Waals surface area contributed by atoms with Gasteiger partial charge in [-0.2, -0.15) is 16.8 Å². The van der Waals surface area contributed by atoms with Crippen LogP contribution in [-0.4, -0.2) is 332 Å². The van der Waals surface area contributed by atoms with Gasteiger partial charge in [0.25, 0.3) is 0 Å². The fourth-order valence-electron chi connectivity index (χ4n) is 9.94. The highest BCUT2D eigenvalue weighted by atomic mass is 32.3. The summed E-state index contributed by atoms with van der Waals surface area (Å²) in [6, 6.07) is -5.49. The number of rotatable bonds is 22. The van der Waals surface area contributed by atoms with Gasteiger partial charge >= 0.3 is 20.8 Å². The van der Waals surface area contributed by atoms with E-state index in [0.29, 0.717) is 0 Å². The van der Waals surface area contributed by atoms with Crippen LogP contribution in [-0.2, 0) is 95.7 Å². The van der Waals surface area contributed by atoms with Crippen molar-refractivity contribution in [1.29, 1.82) is 0 Å². The summed E-state index contributed by atoms with van der Waals surface area (Å²) in [6.07, 6.45) is -54.3. The second kappa shape index (κ2) is 29.0. The number of ether oxygens (including phenoxy) is 11. The first kappa shape index (κ1) is 69.3. The fourth-order valence-corrected chi connectivity index (χ4v) is 10.8. The van der Waals surface area contributed by atoms with Crippen LogP contribution in [0.15, 0.2) is 0 Å². The predicted octanol–water partition coefficient (Wildman–Crippen LogP) is -13.0. The zero-order valence-corrected chi connectivity index (χ0v) is 45.6. The van der Waals surface area contributed by atoms with E-state index in [1.165, 1.54) is 6.92 Å². The van der Waals surface area contributed by atoms with Gasteiger partial charge in [0.1, 0.15) is 140 Å². The zero-order chi connectivity index (χ0) is 61.9. The lowest BCUT2D eigenvalue weighted by Gasteiger charge is -2.51. The van der Waals surface area contributed by atoms with E-state index in [-0.39, 0.29) is 0 Å². The highest BCUT2D eigenvalue weighted by Crippen LogP contribution is 2.37. The van der Waals surface area contributed by atoms with Crippen molar-refractivity contribution in [2.24, 2.45) is 0 Å². The van der Waals surface area contributed by atoms with Gasteiger partial charge in [-0.05, 0) is 6.92 Å². The van der Waals surface area contributed by atoms with E-state index >= 15 is 0 Å². The predicted molar refractivity (Wildman–Crippen MR) is 253 cm³/mol. The van der Waals surface area contributed by atoms with Gasteiger partial charge in [-0.3, -0.25) is 23.5 Å². The molecule has 83 heavy (non-hydrogen) atoms. The van der Waals surface area contributed by atoms with Crippen molar-refractivity contribution in [1.82, 2.24) is 16.0 Å². The van der Waals surface area contributed by atoms with Gasteiger partial charge in [-0.15, -0.1) is 0 Å². The van der Waals surface area contributed by atoms with Gasteiger partial charge in [0.15, 0.2) is 37.7 Å². The first-order valence-corrected chi connectivity index (χ1v) is 28.0. The molecular weight excluding hydrogens is 1190 g/mol. The second-order valence-electron chi connectivity index (χ2n) is 20.0. The standard InChI is InChI=1S/C42H71N3O36S2/c1-10-22(52)27(57)29(59)40(71-10)80-35-21(45-13(4)51)38(74-16(7-48)33(35)78-42-31(61)36(81-83(66,67)68)24(54)14(5-46)73-42)69-8-17-25(55)34(20(37(62)72-17)44-12(3)50)79-39-19(43-11(2)49)26(56)32(15(6-47)75-39)77-41-30(60)28(58)23(53)18(76-41)9-70-82(63,64)65/h10,14-42,46-48,52-62H,5-9H2,1-4H3,(H,43,49)(H,44,50)(H,45,51)(H,63,64,65)(H,66,67,68)/t10-,14+,15+,16+,17+,18+,19+,20+,21+,22+,23-,24-,25-,26+,27+,28-,29-,30+,31+,32+,33+,34+,35+,36-,37-,38+,39-,40-,41-,42-/m0/s1. The summed E-state index contributed by atoms with van der Waals surface area (Å²) in [6.45, 7) is -1.35. The Bertz CT molecular complexity index is 2370. The fraction of sp³-hybridized carbons (Fsp3) is 0.929. The Kier molecular flexibility index (Phi) is 24.2. The van der Waals surface area contributed by atoms with Gasteiger partial charge in [0.05, 0.1) is 39.1 Å². The largest absolute Gasteiger partial charge is 0.397 e. The van der Waals surface area contributed by atoms with Crippen molar-refractivity contribution < 1.29 is 172 Å². The molecule has 19 N–H and O–H groups in total. The molecule has 6 aliphatic heterocycles. The van der Waals surface area contributed by atoms with Crippen molar-refractivity contribution in [2.75, 3.05) is 33.0 Å². The van der Waals surface area contributed by atoms with Gasteiger partial charge < -0.3 is 140 Å². The molecule has 41 heteroatoms. The SMILES string of the molecule is CC(=O)N[C@@H]1[C@@H](O[C@@H]2O[C@H](CO)[C@@H](O[C@@H]3O[C@H](COS(=O)(=O)O)[C@H](O)[C@H](O)[C@H]3O)[C@H](O)[C@H]2NC(C)=O)[C@@H](O)[C@@H](CO[C@@H]2O[C@H](CO)[C@@H](O[C@@H]3O[C@H](CO)[C@H](O)[C@H](OS(=O)(=O)O)[C@H]3O)[C@H](O[C@@H]3O[C@@H](C)[C@@H](O)[C@@H](O)[C@@H]3O)[C@H]2NC(C)=O)O[C@@H]1O. The van der Waals surface area contributed by atoms with Gasteiger partial charge in [0, 0.05) is 20.8 Å². The number of carbonyl (C=O) groups is 3. The molecule has 0 unspecified atom stereocenters. The number of hydrogen-bond acceptors (Lipinski definition) is 34. The van der Waals surface area contributed by atoms with E-state index in [4.69, 9.17) is 56.7 Å². The molecule has 0 radical (unpaired) electrons. The van der Waals surface area contributed by atoms with E-state index in [1.54, 1.807) is 0 Å². The summed E-state index contributed by atoms with van der Waals surface area (Å²) in [5, 5.41) is 159. The summed E-state index contributed by atoms with van der Waals surface area (Å²) in [7, 11) is -10.6. The quantitative estimate of drug-likeness (QED) is 0.0448. The molecule has 30 atom stereocenters. The first-order chi connectivity index (χ1) is 38.7. The van der Waals surface area contributed by atoms with Crippen LogP contribution in [0.5, 0.6) is 0 Å². The van der Waals surface area contributed by atoms with Crippen molar-refractivity contribution >= 4 is 38.5 Å². The maximum absolute atomic E-state index is 13.0. The normalized spacial score (nSPS) is 45.5. The Labute approximate surface area is 470 Å². The van der Waals surface area contributed by atoms with Gasteiger partial charge in [-0.25, -0.2) is 8.37 Å². The minimum absolute atomic E-state index is 0.873. The topological polar surface area (TPSA) is 599 Å². The number of nitrogens with one attached hydrogen (secondary N) is 3. The van der Waals surface area contributed by atoms with Crippen LogP contribution in [0.1, 0.15) is 27.7 Å². The number of aliphatic hydroxyl groups excluding tert-OH is 14. The summed E-state index contributed by atoms with van der Waals surface area (Å²) in [5.74, 6) is -2.70. The molecule has 0 bridgehead atoms. The molecule has 0 saturated carbocycles. The summed E-state index contributed by atoms with van der Waals surface area (Å²) >= 11 is 0. The molecule has 0 spiro atoms. The molecule has 3 amide bonds. The summed E-state index contributed by atoms with van der Waals surface area (Å²) < 4.78 is 137. The van der Waals surface area contributed by atoms with Crippen LogP contribution in [0.2, 0.25) is 0 Å². The van der Waals surface area contributed by atoms with Crippen molar-refractivity contribution in [2.45, 2.75) is 212 Å². The third-order valence-corrected chi connectivity index (χ3v) is 14.9. The molecule has 6 heterocycles. The smallest absolute Gasteiger partial charge is 0.394 e. The molecule has 0 aromatic carbocycles. The maximum Gasteiger partial charge on any atom is 0.397 e. The van der Waals surface area contributed by atoms with Crippen LogP contribution < -0.4 is 16.0 Å². The molecule has 0 aromatic rings. The number of amides is 3. The highest BCUT2D eigenvalue weighted by molar-refractivity contribution is 7.81. The molecule has 39 nitrogen and oxygen atoms in total. The van der Waals surface area contributed by atoms with E-state index in [2.05, 4.69) is 24.3 Å². The average molecular weight is 1260 g/mol. The third-order valence-electron chi connectivity index (χ3n) is 14.0. The van der Waals surface area contributed by atoms with E-state index < -0.39 is 256 Å². The minimum Gasteiger partial charge on any atom is -0.394 e. The highest BCUT2D eigenvalue weighted by Gasteiger charge is 2.58. The Balaban J connectivity index is 1.29. The molecule has 6 aliphatic rings. The van der Waals surface area contributed by atoms with Crippen LogP contribution in [0.25, 0.3) is 0 Å². The molecule has 6 rings (SSSR count). The van der Waals surface area contributed by atoms with E-state index in [0.717, 1.165) is 20.8 Å². The van der Waals surface area contributed by atoms with E-state index in [9.17, 15) is 107 Å². The Morgan fingerprint density at radius 3 is 1.42 bits per heavy atom. The number of hydrogen-bond donors (Lipinski definition) is 19. The Morgan fingerprint density at radius 2 is 0.855 bits per heavy atom. The van der Waals surface area contributed by atoms with Crippen molar-refractivity contribution in [3.05, 3.63) is 0 Å². The van der Waals surface area contributed by atoms with Crippen LogP contribution in [0, 0.1) is 0 Å². The summed E-state index contributed by atoms with van der Waals surface area (Å²) in [4.78, 5) is 38.2. The maximum atomic E-state index is 13.0. The number of carbonyl (C=O) groups excluding carboxylic acids is 3.